The molecule has 7 heteroatoms. The van der Waals surface area contributed by atoms with Crippen molar-refractivity contribution in [1.82, 2.24) is 14.8 Å². The fourth-order valence-electron chi connectivity index (χ4n) is 1.68. The predicted molar refractivity (Wildman–Crippen MR) is 70.2 cm³/mol. The molecule has 1 N–H and O–H groups in total. The van der Waals surface area contributed by atoms with E-state index in [9.17, 15) is 4.79 Å². The zero-order chi connectivity index (χ0) is 13.7. The summed E-state index contributed by atoms with van der Waals surface area (Å²) < 4.78 is 6.99. The molecular formula is C12H15N3O3S. The van der Waals surface area contributed by atoms with Crippen LogP contribution in [0.5, 0.6) is 0 Å². The standard InChI is InChI=1S/C12H15N3O3S/c1-2-3-10-13-14-12(19-8-11(16)17)15(10)6-9-4-5-18-7-9/h4-5,7H,2-3,6,8H2,1H3,(H,16,17). The first-order valence-corrected chi connectivity index (χ1v) is 6.97. The number of furan rings is 1. The van der Waals surface area contributed by atoms with E-state index in [0.717, 1.165) is 24.2 Å². The van der Waals surface area contributed by atoms with Crippen LogP contribution in [0.2, 0.25) is 0 Å². The van der Waals surface area contributed by atoms with Gasteiger partial charge in [-0.15, -0.1) is 10.2 Å². The number of hydrogen-bond acceptors (Lipinski definition) is 5. The molecule has 0 atom stereocenters. The third kappa shape index (κ3) is 3.60. The van der Waals surface area contributed by atoms with E-state index in [1.165, 1.54) is 11.8 Å². The molecule has 0 saturated heterocycles. The molecule has 6 nitrogen and oxygen atoms in total. The van der Waals surface area contributed by atoms with Gasteiger partial charge in [-0.25, -0.2) is 0 Å². The van der Waals surface area contributed by atoms with Crippen molar-refractivity contribution in [3.63, 3.8) is 0 Å². The fourth-order valence-corrected chi connectivity index (χ4v) is 2.36. The third-order valence-corrected chi connectivity index (χ3v) is 3.46. The Morgan fingerprint density at radius 3 is 3.00 bits per heavy atom. The zero-order valence-electron chi connectivity index (χ0n) is 10.6. The van der Waals surface area contributed by atoms with E-state index >= 15 is 0 Å². The summed E-state index contributed by atoms with van der Waals surface area (Å²) in [4.78, 5) is 10.6. The first-order valence-electron chi connectivity index (χ1n) is 5.98. The Bertz CT molecular complexity index is 536. The molecule has 0 spiro atoms. The molecule has 2 aromatic rings. The van der Waals surface area contributed by atoms with Gasteiger partial charge in [-0.05, 0) is 12.5 Å². The maximum atomic E-state index is 10.6. The first-order chi connectivity index (χ1) is 9.20. The molecule has 0 radical (unpaired) electrons. The number of carboxylic acids is 1. The van der Waals surface area contributed by atoms with Crippen LogP contribution < -0.4 is 0 Å². The molecule has 2 rings (SSSR count). The average molecular weight is 281 g/mol. The third-order valence-electron chi connectivity index (χ3n) is 2.51. The number of hydrogen-bond donors (Lipinski definition) is 1. The molecule has 0 aliphatic rings. The van der Waals surface area contributed by atoms with Gasteiger partial charge in [0.05, 0.1) is 24.8 Å². The summed E-state index contributed by atoms with van der Waals surface area (Å²) >= 11 is 1.18. The quantitative estimate of drug-likeness (QED) is 0.782. The monoisotopic (exact) mass is 281 g/mol. The van der Waals surface area contributed by atoms with Crippen LogP contribution in [-0.2, 0) is 17.8 Å². The van der Waals surface area contributed by atoms with Gasteiger partial charge in [-0.3, -0.25) is 4.79 Å². The maximum Gasteiger partial charge on any atom is 0.313 e. The molecule has 0 unspecified atom stereocenters. The van der Waals surface area contributed by atoms with Crippen molar-refractivity contribution in [2.24, 2.45) is 0 Å². The molecule has 0 saturated carbocycles. The molecule has 2 heterocycles. The highest BCUT2D eigenvalue weighted by molar-refractivity contribution is 7.99. The van der Waals surface area contributed by atoms with Gasteiger partial charge in [0.2, 0.25) is 0 Å². The molecular weight excluding hydrogens is 266 g/mol. The lowest BCUT2D eigenvalue weighted by Gasteiger charge is -2.07. The normalized spacial score (nSPS) is 10.8. The van der Waals surface area contributed by atoms with Gasteiger partial charge in [0.25, 0.3) is 0 Å². The van der Waals surface area contributed by atoms with Crippen molar-refractivity contribution in [2.45, 2.75) is 31.5 Å². The van der Waals surface area contributed by atoms with Gasteiger partial charge in [-0.2, -0.15) is 0 Å². The van der Waals surface area contributed by atoms with Gasteiger partial charge in [0.1, 0.15) is 5.82 Å². The van der Waals surface area contributed by atoms with E-state index in [1.54, 1.807) is 12.5 Å². The summed E-state index contributed by atoms with van der Waals surface area (Å²) in [6.45, 7) is 2.67. The Morgan fingerprint density at radius 2 is 2.37 bits per heavy atom. The SMILES string of the molecule is CCCc1nnc(SCC(=O)O)n1Cc1ccoc1. The zero-order valence-corrected chi connectivity index (χ0v) is 11.4. The van der Waals surface area contributed by atoms with Gasteiger partial charge >= 0.3 is 5.97 Å². The minimum absolute atomic E-state index is 0.0182. The lowest BCUT2D eigenvalue weighted by Crippen LogP contribution is -2.07. The van der Waals surface area contributed by atoms with Gasteiger partial charge in [-0.1, -0.05) is 18.7 Å². The minimum Gasteiger partial charge on any atom is -0.481 e. The molecule has 102 valence electrons. The molecule has 19 heavy (non-hydrogen) atoms. The highest BCUT2D eigenvalue weighted by Crippen LogP contribution is 2.19. The van der Waals surface area contributed by atoms with Gasteiger partial charge < -0.3 is 14.1 Å². The van der Waals surface area contributed by atoms with Crippen molar-refractivity contribution in [2.75, 3.05) is 5.75 Å². The Kier molecular flexibility index (Phi) is 4.62. The van der Waals surface area contributed by atoms with Crippen LogP contribution in [-0.4, -0.2) is 31.6 Å². The summed E-state index contributed by atoms with van der Waals surface area (Å²) in [5.74, 6) is -0.00757. The van der Waals surface area contributed by atoms with E-state index in [1.807, 2.05) is 10.6 Å². The van der Waals surface area contributed by atoms with E-state index in [-0.39, 0.29) is 5.75 Å². The topological polar surface area (TPSA) is 81.1 Å². The number of rotatable bonds is 7. The summed E-state index contributed by atoms with van der Waals surface area (Å²) in [6, 6.07) is 1.88. The van der Waals surface area contributed by atoms with Crippen molar-refractivity contribution < 1.29 is 14.3 Å². The van der Waals surface area contributed by atoms with Crippen molar-refractivity contribution in [3.8, 4) is 0 Å². The minimum atomic E-state index is -0.861. The first kappa shape index (κ1) is 13.7. The highest BCUT2D eigenvalue weighted by atomic mass is 32.2. The van der Waals surface area contributed by atoms with E-state index in [0.29, 0.717) is 11.7 Å². The second-order valence-electron chi connectivity index (χ2n) is 4.05. The molecule has 0 fully saturated rings. The van der Waals surface area contributed by atoms with Crippen LogP contribution in [0.1, 0.15) is 24.7 Å². The largest absolute Gasteiger partial charge is 0.481 e. The Balaban J connectivity index is 2.19. The van der Waals surface area contributed by atoms with Gasteiger partial charge in [0, 0.05) is 12.0 Å². The van der Waals surface area contributed by atoms with E-state index in [2.05, 4.69) is 17.1 Å². The van der Waals surface area contributed by atoms with Gasteiger partial charge in [0.15, 0.2) is 5.16 Å². The summed E-state index contributed by atoms with van der Waals surface area (Å²) in [5, 5.41) is 17.6. The summed E-state index contributed by atoms with van der Waals surface area (Å²) in [6.07, 6.45) is 5.07. The lowest BCUT2D eigenvalue weighted by atomic mass is 10.3. The number of carboxylic acid groups (broad SMARTS) is 1. The van der Waals surface area contributed by atoms with Crippen molar-refractivity contribution in [3.05, 3.63) is 30.0 Å². The molecule has 0 bridgehead atoms. The molecule has 0 aromatic carbocycles. The molecule has 0 amide bonds. The molecule has 0 aliphatic carbocycles. The van der Waals surface area contributed by atoms with Crippen LogP contribution in [0, 0.1) is 0 Å². The molecule has 0 aliphatic heterocycles. The maximum absolute atomic E-state index is 10.6. The number of aromatic nitrogens is 3. The van der Waals surface area contributed by atoms with Crippen molar-refractivity contribution in [1.29, 1.82) is 0 Å². The van der Waals surface area contributed by atoms with Crippen molar-refractivity contribution >= 4 is 17.7 Å². The Labute approximate surface area is 114 Å². The number of carbonyl (C=O) groups is 1. The summed E-state index contributed by atoms with van der Waals surface area (Å²) in [7, 11) is 0. The van der Waals surface area contributed by atoms with Crippen LogP contribution in [0.3, 0.4) is 0 Å². The highest BCUT2D eigenvalue weighted by Gasteiger charge is 2.14. The Morgan fingerprint density at radius 1 is 1.53 bits per heavy atom. The average Bonchev–Trinajstić information content (AvgIpc) is 2.99. The van der Waals surface area contributed by atoms with Crippen LogP contribution in [0.25, 0.3) is 0 Å². The lowest BCUT2D eigenvalue weighted by molar-refractivity contribution is -0.133. The Hall–Kier alpha value is -1.76. The van der Waals surface area contributed by atoms with Crippen LogP contribution in [0.4, 0.5) is 0 Å². The number of aryl methyl sites for hydroxylation is 1. The number of nitrogens with zero attached hydrogens (tertiary/aromatic N) is 3. The van der Waals surface area contributed by atoms with E-state index < -0.39 is 5.97 Å². The second-order valence-corrected chi connectivity index (χ2v) is 4.99. The van der Waals surface area contributed by atoms with Crippen LogP contribution in [0.15, 0.2) is 28.2 Å². The van der Waals surface area contributed by atoms with Crippen LogP contribution >= 0.6 is 11.8 Å². The summed E-state index contributed by atoms with van der Waals surface area (Å²) in [5.41, 5.74) is 1.01. The molecule has 2 aromatic heterocycles. The smallest absolute Gasteiger partial charge is 0.313 e. The fraction of sp³-hybridized carbons (Fsp3) is 0.417. The second kappa shape index (κ2) is 6.42. The number of thioether (sulfide) groups is 1. The number of aliphatic carboxylic acids is 1. The predicted octanol–water partition coefficient (Wildman–Crippen LogP) is 2.05. The van der Waals surface area contributed by atoms with E-state index in [4.69, 9.17) is 9.52 Å².